The Morgan fingerprint density at radius 1 is 1.18 bits per heavy atom. The van der Waals surface area contributed by atoms with Gasteiger partial charge in [-0.2, -0.15) is 0 Å². The molecule has 2 amide bonds. The number of carbonyl (C=O) groups is 1. The highest BCUT2D eigenvalue weighted by Crippen LogP contribution is 2.25. The van der Waals surface area contributed by atoms with Gasteiger partial charge < -0.3 is 15.4 Å². The number of ether oxygens (including phenoxy) is 1. The van der Waals surface area contributed by atoms with Crippen molar-refractivity contribution < 1.29 is 9.53 Å². The van der Waals surface area contributed by atoms with Crippen molar-refractivity contribution in [3.63, 3.8) is 0 Å². The fraction of sp³-hybridized carbons (Fsp3) is 0.235. The van der Waals surface area contributed by atoms with Gasteiger partial charge in [0.1, 0.15) is 5.75 Å². The van der Waals surface area contributed by atoms with Gasteiger partial charge in [0.05, 0.1) is 18.3 Å². The van der Waals surface area contributed by atoms with Crippen LogP contribution in [0.25, 0.3) is 0 Å². The summed E-state index contributed by atoms with van der Waals surface area (Å²) in [6.45, 7) is 4.40. The van der Waals surface area contributed by atoms with E-state index in [0.29, 0.717) is 18.0 Å². The second-order valence-corrected chi connectivity index (χ2v) is 5.63. The normalized spacial score (nSPS) is 11.6. The van der Waals surface area contributed by atoms with E-state index in [0.717, 1.165) is 10.0 Å². The van der Waals surface area contributed by atoms with Crippen molar-refractivity contribution >= 4 is 27.6 Å². The number of carbonyl (C=O) groups excluding carboxylic acids is 1. The SMILES string of the molecule is CCOc1ccccc1NC(=O)NC(C)c1ccccc1Br. The number of para-hydroxylation sites is 2. The van der Waals surface area contributed by atoms with Crippen LogP contribution in [-0.2, 0) is 0 Å². The monoisotopic (exact) mass is 362 g/mol. The molecular weight excluding hydrogens is 344 g/mol. The van der Waals surface area contributed by atoms with Crippen LogP contribution < -0.4 is 15.4 Å². The first-order chi connectivity index (χ1) is 10.6. The highest BCUT2D eigenvalue weighted by Gasteiger charge is 2.13. The van der Waals surface area contributed by atoms with E-state index in [9.17, 15) is 4.79 Å². The molecule has 4 nitrogen and oxygen atoms in total. The molecule has 116 valence electrons. The van der Waals surface area contributed by atoms with Gasteiger partial charge in [0, 0.05) is 4.47 Å². The number of urea groups is 1. The molecule has 22 heavy (non-hydrogen) atoms. The third kappa shape index (κ3) is 4.24. The van der Waals surface area contributed by atoms with Crippen LogP contribution in [0.3, 0.4) is 0 Å². The van der Waals surface area contributed by atoms with E-state index >= 15 is 0 Å². The predicted molar refractivity (Wildman–Crippen MR) is 92.3 cm³/mol. The van der Waals surface area contributed by atoms with Crippen LogP contribution in [0.15, 0.2) is 53.0 Å². The predicted octanol–water partition coefficient (Wildman–Crippen LogP) is 4.73. The van der Waals surface area contributed by atoms with E-state index in [1.807, 2.05) is 62.4 Å². The van der Waals surface area contributed by atoms with Gasteiger partial charge in [-0.05, 0) is 37.6 Å². The van der Waals surface area contributed by atoms with Gasteiger partial charge in [0.2, 0.25) is 0 Å². The summed E-state index contributed by atoms with van der Waals surface area (Å²) >= 11 is 3.49. The van der Waals surface area contributed by atoms with E-state index in [-0.39, 0.29) is 12.1 Å². The first-order valence-electron chi connectivity index (χ1n) is 7.15. The van der Waals surface area contributed by atoms with Crippen molar-refractivity contribution in [2.45, 2.75) is 19.9 Å². The fourth-order valence-electron chi connectivity index (χ4n) is 2.11. The van der Waals surface area contributed by atoms with Gasteiger partial charge in [-0.1, -0.05) is 46.3 Å². The number of hydrogen-bond donors (Lipinski definition) is 2. The Labute approximate surface area is 139 Å². The zero-order valence-corrected chi connectivity index (χ0v) is 14.2. The van der Waals surface area contributed by atoms with Gasteiger partial charge in [0.25, 0.3) is 0 Å². The Morgan fingerprint density at radius 3 is 2.59 bits per heavy atom. The molecule has 1 unspecified atom stereocenters. The number of anilines is 1. The molecule has 0 aliphatic heterocycles. The lowest BCUT2D eigenvalue weighted by atomic mass is 10.1. The first-order valence-corrected chi connectivity index (χ1v) is 7.95. The van der Waals surface area contributed by atoms with Gasteiger partial charge in [-0.3, -0.25) is 0 Å². The summed E-state index contributed by atoms with van der Waals surface area (Å²) in [7, 11) is 0. The standard InChI is InChI=1S/C17H19BrN2O2/c1-3-22-16-11-7-6-10-15(16)20-17(21)19-12(2)13-8-4-5-9-14(13)18/h4-12H,3H2,1-2H3,(H2,19,20,21). The lowest BCUT2D eigenvalue weighted by molar-refractivity contribution is 0.249. The Kier molecular flexibility index (Phi) is 5.83. The number of rotatable bonds is 5. The van der Waals surface area contributed by atoms with Crippen molar-refractivity contribution in [3.8, 4) is 5.75 Å². The molecule has 0 aliphatic rings. The van der Waals surface area contributed by atoms with Crippen LogP contribution in [0, 0.1) is 0 Å². The molecular formula is C17H19BrN2O2. The van der Waals surface area contributed by atoms with Crippen LogP contribution in [0.2, 0.25) is 0 Å². The minimum absolute atomic E-state index is 0.116. The van der Waals surface area contributed by atoms with Gasteiger partial charge in [-0.15, -0.1) is 0 Å². The summed E-state index contributed by atoms with van der Waals surface area (Å²) in [6.07, 6.45) is 0. The van der Waals surface area contributed by atoms with Crippen molar-refractivity contribution in [2.75, 3.05) is 11.9 Å². The summed E-state index contributed by atoms with van der Waals surface area (Å²) in [5.41, 5.74) is 1.68. The Hall–Kier alpha value is -2.01. The largest absolute Gasteiger partial charge is 0.492 e. The lowest BCUT2D eigenvalue weighted by Gasteiger charge is -2.17. The molecule has 0 aliphatic carbocycles. The number of hydrogen-bond acceptors (Lipinski definition) is 2. The van der Waals surface area contributed by atoms with E-state index in [1.54, 1.807) is 0 Å². The van der Waals surface area contributed by atoms with E-state index in [1.165, 1.54) is 0 Å². The average Bonchev–Trinajstić information content (AvgIpc) is 2.49. The molecule has 0 aromatic heterocycles. The van der Waals surface area contributed by atoms with Crippen molar-refractivity contribution in [2.24, 2.45) is 0 Å². The van der Waals surface area contributed by atoms with Crippen molar-refractivity contribution in [3.05, 3.63) is 58.6 Å². The third-order valence-corrected chi connectivity index (χ3v) is 3.88. The summed E-state index contributed by atoms with van der Waals surface area (Å²) in [6, 6.07) is 14.8. The van der Waals surface area contributed by atoms with Crippen LogP contribution >= 0.6 is 15.9 Å². The molecule has 0 fully saturated rings. The molecule has 0 saturated carbocycles. The molecule has 0 heterocycles. The minimum Gasteiger partial charge on any atom is -0.492 e. The van der Waals surface area contributed by atoms with E-state index in [2.05, 4.69) is 26.6 Å². The van der Waals surface area contributed by atoms with E-state index < -0.39 is 0 Å². The fourth-order valence-corrected chi connectivity index (χ4v) is 2.74. The molecule has 0 saturated heterocycles. The highest BCUT2D eigenvalue weighted by atomic mass is 79.9. The number of amides is 2. The maximum Gasteiger partial charge on any atom is 0.319 e. The van der Waals surface area contributed by atoms with Crippen LogP contribution in [0.4, 0.5) is 10.5 Å². The number of nitrogens with one attached hydrogen (secondary N) is 2. The van der Waals surface area contributed by atoms with Crippen LogP contribution in [0.1, 0.15) is 25.5 Å². The Morgan fingerprint density at radius 2 is 1.86 bits per heavy atom. The molecule has 2 rings (SSSR count). The quantitative estimate of drug-likeness (QED) is 0.807. The molecule has 2 aromatic carbocycles. The maximum absolute atomic E-state index is 12.2. The number of benzene rings is 2. The van der Waals surface area contributed by atoms with Crippen molar-refractivity contribution in [1.29, 1.82) is 0 Å². The van der Waals surface area contributed by atoms with Crippen molar-refractivity contribution in [1.82, 2.24) is 5.32 Å². The maximum atomic E-state index is 12.2. The van der Waals surface area contributed by atoms with Gasteiger partial charge >= 0.3 is 6.03 Å². The van der Waals surface area contributed by atoms with Crippen LogP contribution in [0.5, 0.6) is 5.75 Å². The smallest absolute Gasteiger partial charge is 0.319 e. The summed E-state index contributed by atoms with van der Waals surface area (Å²) in [5.74, 6) is 0.661. The molecule has 2 aromatic rings. The molecule has 1 atom stereocenters. The summed E-state index contributed by atoms with van der Waals surface area (Å²) in [4.78, 5) is 12.2. The first kappa shape index (κ1) is 16.4. The Balaban J connectivity index is 2.03. The summed E-state index contributed by atoms with van der Waals surface area (Å²) < 4.78 is 6.47. The highest BCUT2D eigenvalue weighted by molar-refractivity contribution is 9.10. The Bertz CT molecular complexity index is 646. The molecule has 5 heteroatoms. The molecule has 0 radical (unpaired) electrons. The molecule has 0 bridgehead atoms. The third-order valence-electron chi connectivity index (χ3n) is 3.15. The molecule has 2 N–H and O–H groups in total. The minimum atomic E-state index is -0.268. The van der Waals surface area contributed by atoms with E-state index in [4.69, 9.17) is 4.74 Å². The zero-order valence-electron chi connectivity index (χ0n) is 12.6. The second-order valence-electron chi connectivity index (χ2n) is 4.77. The lowest BCUT2D eigenvalue weighted by Crippen LogP contribution is -2.31. The van der Waals surface area contributed by atoms with Gasteiger partial charge in [-0.25, -0.2) is 4.79 Å². The topological polar surface area (TPSA) is 50.4 Å². The number of halogens is 1. The van der Waals surface area contributed by atoms with Gasteiger partial charge in [0.15, 0.2) is 0 Å². The summed E-state index contributed by atoms with van der Waals surface area (Å²) in [5, 5.41) is 5.74. The zero-order chi connectivity index (χ0) is 15.9. The van der Waals surface area contributed by atoms with Crippen LogP contribution in [-0.4, -0.2) is 12.6 Å². The molecule has 0 spiro atoms. The average molecular weight is 363 g/mol. The second kappa shape index (κ2) is 7.84.